The van der Waals surface area contributed by atoms with Crippen molar-refractivity contribution in [1.82, 2.24) is 4.90 Å². The van der Waals surface area contributed by atoms with Gasteiger partial charge < -0.3 is 4.90 Å². The van der Waals surface area contributed by atoms with Crippen LogP contribution in [0.2, 0.25) is 0 Å². The van der Waals surface area contributed by atoms with E-state index in [1.165, 1.54) is 4.90 Å². The zero-order valence-electron chi connectivity index (χ0n) is 9.07. The number of halogens is 2. The Bertz CT molecular complexity index is 309. The van der Waals surface area contributed by atoms with Crippen LogP contribution in [-0.2, 0) is 4.79 Å². The maximum Gasteiger partial charge on any atom is 0.249 e. The number of hydrogen-bond donors (Lipinski definition) is 0. The summed E-state index contributed by atoms with van der Waals surface area (Å²) >= 11 is 0. The number of nitrogens with zero attached hydrogens (tertiary/aromatic N) is 4. The second-order valence-corrected chi connectivity index (χ2v) is 4.02. The molecule has 90 valence electrons. The highest BCUT2D eigenvalue weighted by Crippen LogP contribution is 2.31. The molecule has 0 aromatic carbocycles. The number of likely N-dealkylation sites (tertiary alicyclic amines) is 1. The lowest BCUT2D eigenvalue weighted by atomic mass is 9.92. The van der Waals surface area contributed by atoms with E-state index in [0.29, 0.717) is 19.4 Å². The van der Waals surface area contributed by atoms with Crippen LogP contribution < -0.4 is 0 Å². The molecule has 1 saturated heterocycles. The van der Waals surface area contributed by atoms with Crippen LogP contribution in [0.4, 0.5) is 8.78 Å². The molecule has 0 aromatic heterocycles. The number of amides is 1. The second-order valence-electron chi connectivity index (χ2n) is 4.02. The molecule has 0 N–H and O–H groups in total. The normalized spacial score (nSPS) is 21.4. The number of piperidine rings is 1. The lowest BCUT2D eigenvalue weighted by Crippen LogP contribution is -2.45. The fourth-order valence-electron chi connectivity index (χ4n) is 1.81. The van der Waals surface area contributed by atoms with Gasteiger partial charge in [-0.1, -0.05) is 5.11 Å². The minimum Gasteiger partial charge on any atom is -0.342 e. The highest BCUT2D eigenvalue weighted by Gasteiger charge is 2.37. The summed E-state index contributed by atoms with van der Waals surface area (Å²) in [5, 5.41) is 3.14. The first kappa shape index (κ1) is 12.7. The minimum absolute atomic E-state index is 0.0449. The average molecular weight is 232 g/mol. The number of azide groups is 1. The molecule has 0 unspecified atom stereocenters. The molecule has 5 nitrogen and oxygen atoms in total. The number of carbonyl (C=O) groups is 1. The minimum atomic E-state index is -2.77. The molecule has 0 aromatic rings. The van der Waals surface area contributed by atoms with Crippen molar-refractivity contribution in [3.63, 3.8) is 0 Å². The Kier molecular flexibility index (Phi) is 4.06. The van der Waals surface area contributed by atoms with Gasteiger partial charge in [-0.15, -0.1) is 0 Å². The summed E-state index contributed by atoms with van der Waals surface area (Å²) in [7, 11) is 0. The molecule has 1 aliphatic rings. The Morgan fingerprint density at radius 1 is 1.69 bits per heavy atom. The quantitative estimate of drug-likeness (QED) is 0.417. The third kappa shape index (κ3) is 3.34. The van der Waals surface area contributed by atoms with Crippen LogP contribution in [0, 0.1) is 5.92 Å². The molecule has 1 rings (SSSR count). The van der Waals surface area contributed by atoms with E-state index in [1.807, 2.05) is 0 Å². The molecule has 0 bridgehead atoms. The van der Waals surface area contributed by atoms with Gasteiger partial charge in [0.15, 0.2) is 0 Å². The van der Waals surface area contributed by atoms with Gasteiger partial charge in [0.1, 0.15) is 6.54 Å². The summed E-state index contributed by atoms with van der Waals surface area (Å²) in [6, 6.07) is 0. The summed E-state index contributed by atoms with van der Waals surface area (Å²) in [6.45, 7) is 1.09. The molecule has 16 heavy (non-hydrogen) atoms. The standard InChI is InChI=1S/C9H14F2N4O/c1-9(10,11)7-3-2-4-15(6-7)8(16)5-13-14-12/h7H,2-6H2,1H3/t7-/m1/s1. The van der Waals surface area contributed by atoms with Gasteiger partial charge >= 0.3 is 0 Å². The van der Waals surface area contributed by atoms with Crippen LogP contribution in [0.3, 0.4) is 0 Å². The van der Waals surface area contributed by atoms with Gasteiger partial charge in [0.05, 0.1) is 0 Å². The predicted octanol–water partition coefficient (Wildman–Crippen LogP) is 2.19. The van der Waals surface area contributed by atoms with Crippen molar-refractivity contribution in [2.75, 3.05) is 19.6 Å². The van der Waals surface area contributed by atoms with Gasteiger partial charge in [0.2, 0.25) is 11.8 Å². The molecule has 7 heteroatoms. The number of hydrogen-bond acceptors (Lipinski definition) is 2. The first-order valence-corrected chi connectivity index (χ1v) is 5.11. The summed E-state index contributed by atoms with van der Waals surface area (Å²) in [4.78, 5) is 15.3. The molecule has 1 heterocycles. The Morgan fingerprint density at radius 3 is 2.94 bits per heavy atom. The predicted molar refractivity (Wildman–Crippen MR) is 53.9 cm³/mol. The van der Waals surface area contributed by atoms with E-state index in [1.54, 1.807) is 0 Å². The molecule has 0 radical (unpaired) electrons. The van der Waals surface area contributed by atoms with Crippen molar-refractivity contribution in [3.8, 4) is 0 Å². The van der Waals surface area contributed by atoms with E-state index >= 15 is 0 Å². The highest BCUT2D eigenvalue weighted by atomic mass is 19.3. The van der Waals surface area contributed by atoms with E-state index in [-0.39, 0.29) is 19.0 Å². The number of carbonyl (C=O) groups excluding carboxylic acids is 1. The first-order chi connectivity index (χ1) is 7.45. The van der Waals surface area contributed by atoms with Gasteiger partial charge in [0, 0.05) is 23.9 Å². The molecule has 0 saturated carbocycles. The topological polar surface area (TPSA) is 69.1 Å². The fraction of sp³-hybridized carbons (Fsp3) is 0.889. The van der Waals surface area contributed by atoms with E-state index in [4.69, 9.17) is 5.53 Å². The molecule has 1 aliphatic heterocycles. The monoisotopic (exact) mass is 232 g/mol. The van der Waals surface area contributed by atoms with Crippen LogP contribution in [0.25, 0.3) is 10.4 Å². The van der Waals surface area contributed by atoms with Gasteiger partial charge in [-0.3, -0.25) is 4.79 Å². The van der Waals surface area contributed by atoms with Crippen LogP contribution in [0.1, 0.15) is 19.8 Å². The molecular formula is C9H14F2N4O. The molecule has 1 amide bonds. The molecule has 1 fully saturated rings. The van der Waals surface area contributed by atoms with Gasteiger partial charge in [-0.25, -0.2) is 8.78 Å². The largest absolute Gasteiger partial charge is 0.342 e. The Labute approximate surface area is 92.0 Å². The van der Waals surface area contributed by atoms with E-state index in [2.05, 4.69) is 10.0 Å². The van der Waals surface area contributed by atoms with Gasteiger partial charge in [-0.2, -0.15) is 0 Å². The zero-order valence-corrected chi connectivity index (χ0v) is 9.07. The number of rotatable bonds is 3. The average Bonchev–Trinajstić information content (AvgIpc) is 2.25. The Morgan fingerprint density at radius 2 is 2.38 bits per heavy atom. The maximum atomic E-state index is 13.1. The number of alkyl halides is 2. The van der Waals surface area contributed by atoms with Crippen LogP contribution in [-0.4, -0.2) is 36.4 Å². The molecule has 0 spiro atoms. The summed E-state index contributed by atoms with van der Waals surface area (Å²) in [5.41, 5.74) is 8.06. The van der Waals surface area contributed by atoms with Crippen molar-refractivity contribution in [2.24, 2.45) is 11.0 Å². The molecular weight excluding hydrogens is 218 g/mol. The van der Waals surface area contributed by atoms with E-state index < -0.39 is 11.8 Å². The summed E-state index contributed by atoms with van der Waals surface area (Å²) in [6.07, 6.45) is 0.991. The first-order valence-electron chi connectivity index (χ1n) is 5.11. The lowest BCUT2D eigenvalue weighted by Gasteiger charge is -2.35. The van der Waals surface area contributed by atoms with Crippen LogP contribution in [0.15, 0.2) is 5.11 Å². The van der Waals surface area contributed by atoms with Crippen molar-refractivity contribution < 1.29 is 13.6 Å². The molecule has 0 aliphatic carbocycles. The van der Waals surface area contributed by atoms with Crippen molar-refractivity contribution in [1.29, 1.82) is 0 Å². The Hall–Kier alpha value is -1.36. The van der Waals surface area contributed by atoms with E-state index in [0.717, 1.165) is 6.92 Å². The zero-order chi connectivity index (χ0) is 12.2. The van der Waals surface area contributed by atoms with Crippen LogP contribution in [0.5, 0.6) is 0 Å². The third-order valence-corrected chi connectivity index (χ3v) is 2.76. The van der Waals surface area contributed by atoms with Crippen LogP contribution >= 0.6 is 0 Å². The molecule has 1 atom stereocenters. The van der Waals surface area contributed by atoms with Crippen molar-refractivity contribution in [2.45, 2.75) is 25.7 Å². The lowest BCUT2D eigenvalue weighted by molar-refractivity contribution is -0.135. The SMILES string of the molecule is CC(F)(F)[C@@H]1CCCN(C(=O)CN=[N+]=[N-])C1. The Balaban J connectivity index is 2.56. The van der Waals surface area contributed by atoms with Crippen molar-refractivity contribution >= 4 is 5.91 Å². The van der Waals surface area contributed by atoms with Gasteiger partial charge in [0.25, 0.3) is 0 Å². The smallest absolute Gasteiger partial charge is 0.249 e. The van der Waals surface area contributed by atoms with Gasteiger partial charge in [-0.05, 0) is 25.3 Å². The highest BCUT2D eigenvalue weighted by molar-refractivity contribution is 5.78. The van der Waals surface area contributed by atoms with Crippen molar-refractivity contribution in [3.05, 3.63) is 10.4 Å². The second kappa shape index (κ2) is 5.12. The third-order valence-electron chi connectivity index (χ3n) is 2.76. The summed E-state index contributed by atoms with van der Waals surface area (Å²) in [5.74, 6) is -3.94. The fourth-order valence-corrected chi connectivity index (χ4v) is 1.81. The maximum absolute atomic E-state index is 13.1. The van der Waals surface area contributed by atoms with E-state index in [9.17, 15) is 13.6 Å². The summed E-state index contributed by atoms with van der Waals surface area (Å²) < 4.78 is 26.2.